The molecule has 0 aromatic heterocycles. The summed E-state index contributed by atoms with van der Waals surface area (Å²) >= 11 is 1.26. The maximum absolute atomic E-state index is 13.4. The summed E-state index contributed by atoms with van der Waals surface area (Å²) in [6.45, 7) is 1.73. The lowest BCUT2D eigenvalue weighted by Crippen LogP contribution is -2.35. The first-order chi connectivity index (χ1) is 7.54. The van der Waals surface area contributed by atoms with Crippen molar-refractivity contribution in [2.24, 2.45) is 11.8 Å². The molecule has 4 nitrogen and oxygen atoms in total. The first-order valence-electron chi connectivity index (χ1n) is 4.73. The summed E-state index contributed by atoms with van der Waals surface area (Å²) in [6.07, 6.45) is 0. The van der Waals surface area contributed by atoms with Crippen LogP contribution in [-0.4, -0.2) is 11.7 Å². The van der Waals surface area contributed by atoms with Crippen LogP contribution in [0.15, 0.2) is 23.1 Å². The topological polar surface area (TPSA) is 81.1 Å². The van der Waals surface area contributed by atoms with Gasteiger partial charge in [0.1, 0.15) is 5.82 Å². The molecular weight excluding hydrogens is 229 g/mol. The highest BCUT2D eigenvalue weighted by Crippen LogP contribution is 2.25. The fraction of sp³-hybridized carbons (Fsp3) is 0.300. The minimum absolute atomic E-state index is 0.261. The molecule has 0 radical (unpaired) electrons. The number of amides is 1. The number of thioether (sulfide) groups is 1. The number of hydrogen-bond donors (Lipinski definition) is 3. The number of hydrazine groups is 1. The van der Waals surface area contributed by atoms with Crippen molar-refractivity contribution in [1.82, 2.24) is 5.43 Å². The summed E-state index contributed by atoms with van der Waals surface area (Å²) in [4.78, 5) is 11.6. The summed E-state index contributed by atoms with van der Waals surface area (Å²) in [6, 6.07) is 4.48. The van der Waals surface area contributed by atoms with Crippen LogP contribution in [0.25, 0.3) is 0 Å². The van der Waals surface area contributed by atoms with Gasteiger partial charge in [-0.15, -0.1) is 11.8 Å². The minimum atomic E-state index is -0.370. The summed E-state index contributed by atoms with van der Waals surface area (Å²) in [5.41, 5.74) is 7.87. The number of carbonyl (C=O) groups is 1. The van der Waals surface area contributed by atoms with E-state index >= 15 is 0 Å². The van der Waals surface area contributed by atoms with E-state index in [0.29, 0.717) is 16.3 Å². The van der Waals surface area contributed by atoms with E-state index in [1.807, 2.05) is 0 Å². The van der Waals surface area contributed by atoms with Crippen LogP contribution < -0.4 is 17.0 Å². The average molecular weight is 243 g/mol. The quantitative estimate of drug-likeness (QED) is 0.243. The number of nitrogens with two attached hydrogens (primary N) is 2. The van der Waals surface area contributed by atoms with Gasteiger partial charge in [-0.2, -0.15) is 0 Å². The molecule has 1 aromatic rings. The zero-order chi connectivity index (χ0) is 12.1. The van der Waals surface area contributed by atoms with Crippen LogP contribution in [0.5, 0.6) is 0 Å². The molecule has 5 N–H and O–H groups in total. The van der Waals surface area contributed by atoms with E-state index < -0.39 is 0 Å². The van der Waals surface area contributed by atoms with Gasteiger partial charge in [0.25, 0.3) is 0 Å². The predicted octanol–water partition coefficient (Wildman–Crippen LogP) is 1.13. The molecule has 1 unspecified atom stereocenters. The Labute approximate surface area is 97.5 Å². The zero-order valence-corrected chi connectivity index (χ0v) is 9.68. The van der Waals surface area contributed by atoms with Crippen molar-refractivity contribution in [1.29, 1.82) is 0 Å². The van der Waals surface area contributed by atoms with Crippen molar-refractivity contribution in [2.75, 3.05) is 11.5 Å². The van der Waals surface area contributed by atoms with Gasteiger partial charge in [0.15, 0.2) is 0 Å². The molecule has 0 aliphatic heterocycles. The van der Waals surface area contributed by atoms with Crippen LogP contribution in [0.1, 0.15) is 6.92 Å². The van der Waals surface area contributed by atoms with Gasteiger partial charge >= 0.3 is 0 Å². The van der Waals surface area contributed by atoms with Gasteiger partial charge in [-0.3, -0.25) is 10.2 Å². The van der Waals surface area contributed by atoms with Crippen molar-refractivity contribution in [3.05, 3.63) is 24.0 Å². The normalized spacial score (nSPS) is 12.2. The van der Waals surface area contributed by atoms with Crippen molar-refractivity contribution < 1.29 is 9.18 Å². The number of halogens is 1. The number of hydrogen-bond acceptors (Lipinski definition) is 4. The molecule has 0 saturated carbocycles. The molecule has 0 bridgehead atoms. The summed E-state index contributed by atoms with van der Waals surface area (Å²) in [5.74, 6) is 4.55. The Kier molecular flexibility index (Phi) is 4.57. The molecule has 1 atom stereocenters. The largest absolute Gasteiger partial charge is 0.399 e. The van der Waals surface area contributed by atoms with Gasteiger partial charge < -0.3 is 5.73 Å². The first-order valence-corrected chi connectivity index (χ1v) is 5.71. The summed E-state index contributed by atoms with van der Waals surface area (Å²) in [7, 11) is 0. The van der Waals surface area contributed by atoms with E-state index in [1.54, 1.807) is 19.1 Å². The van der Waals surface area contributed by atoms with E-state index in [0.717, 1.165) is 0 Å². The summed E-state index contributed by atoms with van der Waals surface area (Å²) in [5, 5.41) is 0. The lowest BCUT2D eigenvalue weighted by Gasteiger charge is -2.09. The number of rotatable bonds is 4. The number of benzene rings is 1. The SMILES string of the molecule is CC(CSc1ccc(N)cc1F)C(=O)NN. The van der Waals surface area contributed by atoms with Crippen molar-refractivity contribution in [3.8, 4) is 0 Å². The van der Waals surface area contributed by atoms with Gasteiger partial charge in [0.2, 0.25) is 5.91 Å². The molecule has 0 spiro atoms. The molecule has 0 aliphatic rings. The average Bonchev–Trinajstić information content (AvgIpc) is 2.26. The van der Waals surface area contributed by atoms with Crippen LogP contribution in [-0.2, 0) is 4.79 Å². The fourth-order valence-electron chi connectivity index (χ4n) is 1.07. The smallest absolute Gasteiger partial charge is 0.237 e. The molecule has 0 fully saturated rings. The Balaban J connectivity index is 2.58. The molecular formula is C10H14FN3OS. The third-order valence-electron chi connectivity index (χ3n) is 2.03. The van der Waals surface area contributed by atoms with Crippen LogP contribution in [0.2, 0.25) is 0 Å². The van der Waals surface area contributed by atoms with Crippen molar-refractivity contribution in [3.63, 3.8) is 0 Å². The Hall–Kier alpha value is -1.27. The maximum atomic E-state index is 13.4. The van der Waals surface area contributed by atoms with Crippen LogP contribution in [0.4, 0.5) is 10.1 Å². The van der Waals surface area contributed by atoms with Gasteiger partial charge in [-0.25, -0.2) is 10.2 Å². The lowest BCUT2D eigenvalue weighted by atomic mass is 10.2. The highest BCUT2D eigenvalue weighted by Gasteiger charge is 2.13. The Morgan fingerprint density at radius 2 is 2.31 bits per heavy atom. The highest BCUT2D eigenvalue weighted by molar-refractivity contribution is 7.99. The predicted molar refractivity (Wildman–Crippen MR) is 63.0 cm³/mol. The van der Waals surface area contributed by atoms with Crippen LogP contribution in [0.3, 0.4) is 0 Å². The van der Waals surface area contributed by atoms with E-state index in [4.69, 9.17) is 11.6 Å². The molecule has 16 heavy (non-hydrogen) atoms. The molecule has 1 amide bonds. The highest BCUT2D eigenvalue weighted by atomic mass is 32.2. The molecule has 1 aromatic carbocycles. The molecule has 1 rings (SSSR count). The van der Waals surface area contributed by atoms with Crippen molar-refractivity contribution in [2.45, 2.75) is 11.8 Å². The second-order valence-electron chi connectivity index (χ2n) is 3.41. The first kappa shape index (κ1) is 12.8. The molecule has 0 aliphatic carbocycles. The molecule has 0 saturated heterocycles. The number of carbonyl (C=O) groups excluding carboxylic acids is 1. The summed E-state index contributed by atoms with van der Waals surface area (Å²) < 4.78 is 13.4. The van der Waals surface area contributed by atoms with Gasteiger partial charge in [-0.1, -0.05) is 6.92 Å². The third kappa shape index (κ3) is 3.39. The Bertz CT molecular complexity index is 386. The number of anilines is 1. The maximum Gasteiger partial charge on any atom is 0.237 e. The van der Waals surface area contributed by atoms with Gasteiger partial charge in [0, 0.05) is 22.3 Å². The fourth-order valence-corrected chi connectivity index (χ4v) is 2.01. The van der Waals surface area contributed by atoms with Crippen LogP contribution in [0, 0.1) is 11.7 Å². The minimum Gasteiger partial charge on any atom is -0.399 e. The molecule has 0 heterocycles. The third-order valence-corrected chi connectivity index (χ3v) is 3.34. The monoisotopic (exact) mass is 243 g/mol. The van der Waals surface area contributed by atoms with E-state index in [2.05, 4.69) is 5.43 Å². The Morgan fingerprint density at radius 3 is 2.88 bits per heavy atom. The van der Waals surface area contributed by atoms with Crippen molar-refractivity contribution >= 4 is 23.4 Å². The standard InChI is InChI=1S/C10H14FN3OS/c1-6(10(15)14-13)5-16-9-3-2-7(12)4-8(9)11/h2-4,6H,5,12-13H2,1H3,(H,14,15). The van der Waals surface area contributed by atoms with E-state index in [1.165, 1.54) is 17.8 Å². The van der Waals surface area contributed by atoms with Gasteiger partial charge in [-0.05, 0) is 18.2 Å². The molecule has 88 valence electrons. The zero-order valence-electron chi connectivity index (χ0n) is 8.87. The lowest BCUT2D eigenvalue weighted by molar-refractivity contribution is -0.123. The van der Waals surface area contributed by atoms with E-state index in [9.17, 15) is 9.18 Å². The second-order valence-corrected chi connectivity index (χ2v) is 4.47. The Morgan fingerprint density at radius 1 is 1.62 bits per heavy atom. The number of nitrogen functional groups attached to an aromatic ring is 1. The number of nitrogens with one attached hydrogen (secondary N) is 1. The second kappa shape index (κ2) is 5.72. The van der Waals surface area contributed by atoms with Crippen LogP contribution >= 0.6 is 11.8 Å². The van der Waals surface area contributed by atoms with E-state index in [-0.39, 0.29) is 17.6 Å². The molecule has 6 heteroatoms. The van der Waals surface area contributed by atoms with Gasteiger partial charge in [0.05, 0.1) is 0 Å².